The van der Waals surface area contributed by atoms with Gasteiger partial charge in [0.1, 0.15) is 0 Å². The summed E-state index contributed by atoms with van der Waals surface area (Å²) in [5.41, 5.74) is 3.47. The van der Waals surface area contributed by atoms with Crippen LogP contribution in [0.4, 0.5) is 0 Å². The number of fused-ring (bicyclic) bond motifs is 1. The van der Waals surface area contributed by atoms with E-state index in [-0.39, 0.29) is 5.91 Å². The number of carbonyl (C=O) groups excluding carboxylic acids is 1. The Morgan fingerprint density at radius 2 is 2.20 bits per heavy atom. The highest BCUT2D eigenvalue weighted by Crippen LogP contribution is 2.20. The molecule has 1 amide bonds. The molecule has 0 aromatic heterocycles. The molecule has 1 aromatic rings. The van der Waals surface area contributed by atoms with Gasteiger partial charge in [-0.05, 0) is 30.0 Å². The van der Waals surface area contributed by atoms with Gasteiger partial charge in [-0.2, -0.15) is 0 Å². The Morgan fingerprint density at radius 3 is 2.93 bits per heavy atom. The van der Waals surface area contributed by atoms with E-state index in [2.05, 4.69) is 19.1 Å². The molecule has 1 aliphatic rings. The van der Waals surface area contributed by atoms with Crippen LogP contribution in [0.1, 0.15) is 34.8 Å². The van der Waals surface area contributed by atoms with Crippen molar-refractivity contribution >= 4 is 5.91 Å². The lowest BCUT2D eigenvalue weighted by Crippen LogP contribution is -2.34. The number of carbonyl (C=O) groups is 1. The van der Waals surface area contributed by atoms with E-state index in [0.29, 0.717) is 0 Å². The van der Waals surface area contributed by atoms with Crippen molar-refractivity contribution in [3.05, 3.63) is 34.9 Å². The zero-order valence-electron chi connectivity index (χ0n) is 9.42. The number of aryl methyl sites for hydroxylation is 1. The monoisotopic (exact) mass is 203 g/mol. The maximum Gasteiger partial charge on any atom is 0.253 e. The Morgan fingerprint density at radius 1 is 1.40 bits per heavy atom. The van der Waals surface area contributed by atoms with Crippen LogP contribution in [-0.2, 0) is 12.8 Å². The van der Waals surface area contributed by atoms with E-state index in [1.807, 2.05) is 13.1 Å². The molecule has 0 radical (unpaired) electrons. The highest BCUT2D eigenvalue weighted by molar-refractivity contribution is 5.96. The van der Waals surface area contributed by atoms with E-state index in [0.717, 1.165) is 31.4 Å². The normalized spacial score (nSPS) is 15.3. The molecule has 1 aromatic carbocycles. The molecular formula is C13H17NO. The van der Waals surface area contributed by atoms with Crippen molar-refractivity contribution in [3.63, 3.8) is 0 Å². The predicted molar refractivity (Wildman–Crippen MR) is 61.1 cm³/mol. The number of benzene rings is 1. The zero-order chi connectivity index (χ0) is 10.8. The Labute approximate surface area is 90.9 Å². The van der Waals surface area contributed by atoms with Gasteiger partial charge in [0.05, 0.1) is 0 Å². The van der Waals surface area contributed by atoms with E-state index in [9.17, 15) is 4.79 Å². The molecule has 2 nitrogen and oxygen atoms in total. The Hall–Kier alpha value is -1.31. The first-order chi connectivity index (χ1) is 7.22. The van der Waals surface area contributed by atoms with E-state index >= 15 is 0 Å². The van der Waals surface area contributed by atoms with E-state index in [4.69, 9.17) is 0 Å². The minimum atomic E-state index is 0.166. The lowest BCUT2D eigenvalue weighted by atomic mass is 9.95. The maximum absolute atomic E-state index is 11.8. The van der Waals surface area contributed by atoms with Crippen LogP contribution in [-0.4, -0.2) is 24.4 Å². The van der Waals surface area contributed by atoms with Crippen molar-refractivity contribution in [3.8, 4) is 0 Å². The van der Waals surface area contributed by atoms with E-state index in [1.165, 1.54) is 11.1 Å². The average molecular weight is 203 g/mol. The summed E-state index contributed by atoms with van der Waals surface area (Å²) in [6.07, 6.45) is 3.26. The van der Waals surface area contributed by atoms with Crippen LogP contribution in [0.2, 0.25) is 0 Å². The molecule has 0 spiro atoms. The molecule has 0 bridgehead atoms. The van der Waals surface area contributed by atoms with Crippen molar-refractivity contribution in [1.29, 1.82) is 0 Å². The molecule has 1 heterocycles. The van der Waals surface area contributed by atoms with Crippen LogP contribution in [0.15, 0.2) is 18.2 Å². The molecule has 1 aliphatic heterocycles. The summed E-state index contributed by atoms with van der Waals surface area (Å²) in [6.45, 7) is 3.03. The average Bonchev–Trinajstić information content (AvgIpc) is 2.24. The first kappa shape index (κ1) is 10.2. The molecule has 0 saturated heterocycles. The summed E-state index contributed by atoms with van der Waals surface area (Å²) in [7, 11) is 1.87. The van der Waals surface area contributed by atoms with Gasteiger partial charge < -0.3 is 4.90 Å². The van der Waals surface area contributed by atoms with Crippen molar-refractivity contribution in [2.75, 3.05) is 13.6 Å². The smallest absolute Gasteiger partial charge is 0.253 e. The van der Waals surface area contributed by atoms with Crippen molar-refractivity contribution < 1.29 is 4.79 Å². The Kier molecular flexibility index (Phi) is 2.76. The van der Waals surface area contributed by atoms with E-state index in [1.54, 1.807) is 4.90 Å². The second-order valence-electron chi connectivity index (χ2n) is 4.22. The fourth-order valence-electron chi connectivity index (χ4n) is 2.10. The molecule has 0 N–H and O–H groups in total. The number of hydrogen-bond donors (Lipinski definition) is 0. The maximum atomic E-state index is 11.8. The van der Waals surface area contributed by atoms with Crippen molar-refractivity contribution in [1.82, 2.24) is 4.90 Å². The second-order valence-corrected chi connectivity index (χ2v) is 4.22. The third kappa shape index (κ3) is 1.89. The van der Waals surface area contributed by atoms with Crippen LogP contribution in [0.25, 0.3) is 0 Å². The largest absolute Gasteiger partial charge is 0.341 e. The summed E-state index contributed by atoms with van der Waals surface area (Å²) < 4.78 is 0. The van der Waals surface area contributed by atoms with Gasteiger partial charge in [-0.15, -0.1) is 0 Å². The van der Waals surface area contributed by atoms with Crippen LogP contribution in [0, 0.1) is 0 Å². The summed E-state index contributed by atoms with van der Waals surface area (Å²) in [6, 6.07) is 6.27. The summed E-state index contributed by atoms with van der Waals surface area (Å²) in [5, 5.41) is 0. The van der Waals surface area contributed by atoms with Gasteiger partial charge >= 0.3 is 0 Å². The molecule has 0 unspecified atom stereocenters. The van der Waals surface area contributed by atoms with E-state index < -0.39 is 0 Å². The van der Waals surface area contributed by atoms with Crippen molar-refractivity contribution in [2.45, 2.75) is 26.2 Å². The highest BCUT2D eigenvalue weighted by atomic mass is 16.2. The van der Waals surface area contributed by atoms with Gasteiger partial charge in [0.25, 0.3) is 5.91 Å². The van der Waals surface area contributed by atoms with Crippen LogP contribution in [0.5, 0.6) is 0 Å². The number of rotatable bonds is 2. The predicted octanol–water partition coefficient (Wildman–Crippen LogP) is 2.27. The number of hydrogen-bond acceptors (Lipinski definition) is 1. The third-order valence-corrected chi connectivity index (χ3v) is 3.00. The van der Waals surface area contributed by atoms with Gasteiger partial charge in [-0.25, -0.2) is 0 Å². The Bertz CT molecular complexity index is 384. The first-order valence-electron chi connectivity index (χ1n) is 5.59. The zero-order valence-corrected chi connectivity index (χ0v) is 9.42. The molecule has 2 rings (SSSR count). The molecule has 2 heteroatoms. The number of amides is 1. The van der Waals surface area contributed by atoms with Gasteiger partial charge in [0, 0.05) is 19.2 Å². The molecular weight excluding hydrogens is 186 g/mol. The summed E-state index contributed by atoms with van der Waals surface area (Å²) in [5.74, 6) is 0.166. The topological polar surface area (TPSA) is 20.3 Å². The number of likely N-dealkylation sites (N-methyl/N-ethyl adjacent to an activating group) is 1. The third-order valence-electron chi connectivity index (χ3n) is 3.00. The van der Waals surface area contributed by atoms with Gasteiger partial charge in [-0.3, -0.25) is 4.79 Å². The number of nitrogens with zero attached hydrogens (tertiary/aromatic N) is 1. The minimum Gasteiger partial charge on any atom is -0.341 e. The van der Waals surface area contributed by atoms with Crippen LogP contribution < -0.4 is 0 Å². The molecule has 0 atom stereocenters. The van der Waals surface area contributed by atoms with Crippen LogP contribution in [0.3, 0.4) is 0 Å². The molecule has 80 valence electrons. The van der Waals surface area contributed by atoms with Gasteiger partial charge in [0.15, 0.2) is 0 Å². The standard InChI is InChI=1S/C13H17NO/c1-3-4-10-5-6-12-11(9-10)7-8-14(2)13(12)15/h5-6,9H,3-4,7-8H2,1-2H3. The quantitative estimate of drug-likeness (QED) is 0.722. The fourth-order valence-corrected chi connectivity index (χ4v) is 2.10. The van der Waals surface area contributed by atoms with Gasteiger partial charge in [0.2, 0.25) is 0 Å². The molecule has 0 aliphatic carbocycles. The SMILES string of the molecule is CCCc1ccc2c(c1)CCN(C)C2=O. The minimum absolute atomic E-state index is 0.166. The fraction of sp³-hybridized carbons (Fsp3) is 0.462. The molecule has 0 fully saturated rings. The summed E-state index contributed by atoms with van der Waals surface area (Å²) in [4.78, 5) is 13.6. The lowest BCUT2D eigenvalue weighted by molar-refractivity contribution is 0.0781. The first-order valence-corrected chi connectivity index (χ1v) is 5.59. The van der Waals surface area contributed by atoms with Crippen molar-refractivity contribution in [2.24, 2.45) is 0 Å². The highest BCUT2D eigenvalue weighted by Gasteiger charge is 2.20. The van der Waals surface area contributed by atoms with Gasteiger partial charge in [-0.1, -0.05) is 25.5 Å². The summed E-state index contributed by atoms with van der Waals surface area (Å²) >= 11 is 0. The lowest BCUT2D eigenvalue weighted by Gasteiger charge is -2.25. The Balaban J connectivity index is 2.34. The second kappa shape index (κ2) is 4.05. The van der Waals surface area contributed by atoms with Crippen LogP contribution >= 0.6 is 0 Å². The molecule has 15 heavy (non-hydrogen) atoms. The molecule has 0 saturated carbocycles.